The number of nitrogens with zero attached hydrogens (tertiary/aromatic N) is 3. The standard InChI is InChI=1S/C12H18N4O4/c1-7(2)16-5-8(4-13-16)14-12(20)15-6-9(17)3-10(15)11(18)19/h4-5,7,9-10,17H,3,6H2,1-2H3,(H,14,20)(H,18,19)/t9-,10-/m0/s1. The van der Waals surface area contributed by atoms with Crippen LogP contribution < -0.4 is 5.32 Å². The highest BCUT2D eigenvalue weighted by atomic mass is 16.4. The summed E-state index contributed by atoms with van der Waals surface area (Å²) in [5.41, 5.74) is 0.495. The van der Waals surface area contributed by atoms with Crippen LogP contribution in [0.3, 0.4) is 0 Å². The van der Waals surface area contributed by atoms with Crippen LogP contribution in [0.2, 0.25) is 0 Å². The predicted octanol–water partition coefficient (Wildman–Crippen LogP) is 0.516. The molecule has 8 nitrogen and oxygen atoms in total. The van der Waals surface area contributed by atoms with Gasteiger partial charge < -0.3 is 20.4 Å². The number of carbonyl (C=O) groups is 2. The predicted molar refractivity (Wildman–Crippen MR) is 70.4 cm³/mol. The number of β-amino-alcohol motifs (C(OH)–C–C–N with tert-alkyl or cyclic N) is 1. The van der Waals surface area contributed by atoms with Crippen LogP contribution in [0.1, 0.15) is 26.3 Å². The SMILES string of the molecule is CC(C)n1cc(NC(=O)N2C[C@@H](O)C[C@H]2C(=O)O)cn1. The number of nitrogens with one attached hydrogen (secondary N) is 1. The molecule has 0 saturated carbocycles. The van der Waals surface area contributed by atoms with Crippen LogP contribution >= 0.6 is 0 Å². The molecule has 20 heavy (non-hydrogen) atoms. The topological polar surface area (TPSA) is 108 Å². The van der Waals surface area contributed by atoms with Crippen LogP contribution in [-0.2, 0) is 4.79 Å². The number of aliphatic hydroxyl groups excluding tert-OH is 1. The average molecular weight is 282 g/mol. The number of anilines is 1. The molecule has 0 aliphatic carbocycles. The first-order valence-electron chi connectivity index (χ1n) is 6.41. The van der Waals surface area contributed by atoms with Gasteiger partial charge in [0.2, 0.25) is 0 Å². The van der Waals surface area contributed by atoms with E-state index in [4.69, 9.17) is 5.11 Å². The smallest absolute Gasteiger partial charge is 0.326 e. The van der Waals surface area contributed by atoms with E-state index in [1.807, 2.05) is 13.8 Å². The number of likely N-dealkylation sites (tertiary alicyclic amines) is 1. The third kappa shape index (κ3) is 2.90. The molecule has 2 atom stereocenters. The van der Waals surface area contributed by atoms with Gasteiger partial charge in [-0.3, -0.25) is 4.68 Å². The number of aliphatic carboxylic acids is 1. The minimum absolute atomic E-state index is 0.0150. The Bertz CT molecular complexity index is 513. The Labute approximate surface area is 116 Å². The highest BCUT2D eigenvalue weighted by Crippen LogP contribution is 2.20. The first-order valence-corrected chi connectivity index (χ1v) is 6.41. The maximum atomic E-state index is 12.1. The molecular formula is C12H18N4O4. The molecule has 1 fully saturated rings. The van der Waals surface area contributed by atoms with Gasteiger partial charge in [-0.25, -0.2) is 9.59 Å². The van der Waals surface area contributed by atoms with Crippen molar-refractivity contribution in [3.05, 3.63) is 12.4 Å². The summed E-state index contributed by atoms with van der Waals surface area (Å²) in [7, 11) is 0. The zero-order valence-corrected chi connectivity index (χ0v) is 11.4. The average Bonchev–Trinajstić information content (AvgIpc) is 2.95. The van der Waals surface area contributed by atoms with Gasteiger partial charge in [0.15, 0.2) is 0 Å². The van der Waals surface area contributed by atoms with E-state index in [9.17, 15) is 14.7 Å². The highest BCUT2D eigenvalue weighted by Gasteiger charge is 2.39. The number of carboxylic acids is 1. The van der Waals surface area contributed by atoms with Crippen molar-refractivity contribution in [2.45, 2.75) is 38.5 Å². The molecule has 1 aromatic rings. The van der Waals surface area contributed by atoms with Crippen molar-refractivity contribution in [1.82, 2.24) is 14.7 Å². The molecule has 0 unspecified atom stereocenters. The lowest BCUT2D eigenvalue weighted by Gasteiger charge is -2.20. The summed E-state index contributed by atoms with van der Waals surface area (Å²) >= 11 is 0. The second-order valence-corrected chi connectivity index (χ2v) is 5.13. The molecule has 2 heterocycles. The van der Waals surface area contributed by atoms with E-state index in [-0.39, 0.29) is 19.0 Å². The Morgan fingerprint density at radius 2 is 2.20 bits per heavy atom. The fraction of sp³-hybridized carbons (Fsp3) is 0.583. The molecule has 0 aromatic carbocycles. The summed E-state index contributed by atoms with van der Waals surface area (Å²) in [5, 5.41) is 25.2. The molecule has 2 amide bonds. The van der Waals surface area contributed by atoms with Crippen LogP contribution in [0.5, 0.6) is 0 Å². The normalized spacial score (nSPS) is 22.3. The summed E-state index contributed by atoms with van der Waals surface area (Å²) in [6, 6.07) is -1.37. The van der Waals surface area contributed by atoms with Crippen molar-refractivity contribution < 1.29 is 19.8 Å². The lowest BCUT2D eigenvalue weighted by molar-refractivity contribution is -0.141. The first kappa shape index (κ1) is 14.3. The van der Waals surface area contributed by atoms with Gasteiger partial charge in [0.1, 0.15) is 6.04 Å². The number of aliphatic hydroxyl groups is 1. The van der Waals surface area contributed by atoms with E-state index < -0.39 is 24.1 Å². The van der Waals surface area contributed by atoms with Crippen LogP contribution in [0, 0.1) is 0 Å². The van der Waals surface area contributed by atoms with Crippen LogP contribution in [0.25, 0.3) is 0 Å². The molecule has 8 heteroatoms. The third-order valence-corrected chi connectivity index (χ3v) is 3.21. The Morgan fingerprint density at radius 1 is 1.50 bits per heavy atom. The minimum atomic E-state index is -1.12. The Balaban J connectivity index is 2.05. The highest BCUT2D eigenvalue weighted by molar-refractivity contribution is 5.92. The number of carboxylic acid groups (broad SMARTS) is 1. The Kier molecular flexibility index (Phi) is 3.93. The zero-order valence-electron chi connectivity index (χ0n) is 11.4. The van der Waals surface area contributed by atoms with Crippen LogP contribution in [0.15, 0.2) is 12.4 Å². The van der Waals surface area contributed by atoms with Crippen LogP contribution in [-0.4, -0.2) is 55.6 Å². The molecule has 3 N–H and O–H groups in total. The van der Waals surface area contributed by atoms with Crippen molar-refractivity contribution in [1.29, 1.82) is 0 Å². The van der Waals surface area contributed by atoms with Gasteiger partial charge in [-0.2, -0.15) is 5.10 Å². The van der Waals surface area contributed by atoms with E-state index >= 15 is 0 Å². The molecule has 1 aliphatic heterocycles. The van der Waals surface area contributed by atoms with Crippen LogP contribution in [0.4, 0.5) is 10.5 Å². The second kappa shape index (κ2) is 5.49. The number of urea groups is 1. The first-order chi connectivity index (χ1) is 9.38. The van der Waals surface area contributed by atoms with Gasteiger partial charge in [0.05, 0.1) is 18.0 Å². The lowest BCUT2D eigenvalue weighted by atomic mass is 10.2. The van der Waals surface area contributed by atoms with E-state index in [0.717, 1.165) is 4.90 Å². The molecular weight excluding hydrogens is 264 g/mol. The van der Waals surface area contributed by atoms with Gasteiger partial charge in [0.25, 0.3) is 0 Å². The third-order valence-electron chi connectivity index (χ3n) is 3.21. The molecule has 0 radical (unpaired) electrons. The second-order valence-electron chi connectivity index (χ2n) is 5.13. The van der Waals surface area contributed by atoms with Crippen molar-refractivity contribution in [2.24, 2.45) is 0 Å². The van der Waals surface area contributed by atoms with E-state index in [2.05, 4.69) is 10.4 Å². The van der Waals surface area contributed by atoms with E-state index in [1.165, 1.54) is 6.20 Å². The number of rotatable bonds is 3. The van der Waals surface area contributed by atoms with Gasteiger partial charge >= 0.3 is 12.0 Å². The summed E-state index contributed by atoms with van der Waals surface area (Å²) in [6.45, 7) is 3.92. The number of hydrogen-bond donors (Lipinski definition) is 3. The molecule has 1 aliphatic rings. The number of carbonyl (C=O) groups excluding carboxylic acids is 1. The zero-order chi connectivity index (χ0) is 14.9. The molecule has 1 saturated heterocycles. The summed E-state index contributed by atoms with van der Waals surface area (Å²) in [4.78, 5) is 24.2. The summed E-state index contributed by atoms with van der Waals surface area (Å²) < 4.78 is 1.68. The molecule has 0 bridgehead atoms. The fourth-order valence-electron chi connectivity index (χ4n) is 2.15. The van der Waals surface area contributed by atoms with Crippen molar-refractivity contribution in [3.8, 4) is 0 Å². The largest absolute Gasteiger partial charge is 0.480 e. The minimum Gasteiger partial charge on any atom is -0.480 e. The number of aromatic nitrogens is 2. The molecule has 2 rings (SSSR count). The Morgan fingerprint density at radius 3 is 2.75 bits per heavy atom. The molecule has 0 spiro atoms. The van der Waals surface area contributed by atoms with Gasteiger partial charge in [-0.05, 0) is 13.8 Å². The fourth-order valence-corrected chi connectivity index (χ4v) is 2.15. The quantitative estimate of drug-likeness (QED) is 0.749. The summed E-state index contributed by atoms with van der Waals surface area (Å²) in [6.07, 6.45) is 2.42. The maximum Gasteiger partial charge on any atom is 0.326 e. The van der Waals surface area contributed by atoms with E-state index in [1.54, 1.807) is 10.9 Å². The summed E-state index contributed by atoms with van der Waals surface area (Å²) in [5.74, 6) is -1.12. The molecule has 110 valence electrons. The van der Waals surface area contributed by atoms with Gasteiger partial charge in [0, 0.05) is 25.2 Å². The van der Waals surface area contributed by atoms with Crippen molar-refractivity contribution in [2.75, 3.05) is 11.9 Å². The van der Waals surface area contributed by atoms with Crippen molar-refractivity contribution >= 4 is 17.7 Å². The van der Waals surface area contributed by atoms with Gasteiger partial charge in [-0.15, -0.1) is 0 Å². The van der Waals surface area contributed by atoms with E-state index in [0.29, 0.717) is 5.69 Å². The lowest BCUT2D eigenvalue weighted by Crippen LogP contribution is -2.43. The van der Waals surface area contributed by atoms with Gasteiger partial charge in [-0.1, -0.05) is 0 Å². The van der Waals surface area contributed by atoms with Crippen molar-refractivity contribution in [3.63, 3.8) is 0 Å². The number of hydrogen-bond acceptors (Lipinski definition) is 4. The molecule has 1 aromatic heterocycles. The number of amides is 2. The monoisotopic (exact) mass is 282 g/mol. The maximum absolute atomic E-state index is 12.1. The Hall–Kier alpha value is -2.09.